The minimum atomic E-state index is -0.253. The fourth-order valence-corrected chi connectivity index (χ4v) is 4.74. The molecule has 0 aliphatic rings. The molecule has 0 spiro atoms. The third-order valence-corrected chi connectivity index (χ3v) is 6.12. The number of hydrogen-bond acceptors (Lipinski definition) is 4. The van der Waals surface area contributed by atoms with Gasteiger partial charge in [0.1, 0.15) is 11.6 Å². The normalized spacial score (nSPS) is 12.3. The first-order chi connectivity index (χ1) is 17.9. The Hall–Kier alpha value is -3.61. The van der Waals surface area contributed by atoms with Gasteiger partial charge >= 0.3 is 0 Å². The summed E-state index contributed by atoms with van der Waals surface area (Å²) in [7, 11) is 1.62. The number of rotatable bonds is 11. The summed E-state index contributed by atoms with van der Waals surface area (Å²) in [5.41, 5.74) is 2.62. The van der Waals surface area contributed by atoms with Crippen molar-refractivity contribution in [3.05, 3.63) is 60.7 Å². The number of amides is 2. The summed E-state index contributed by atoms with van der Waals surface area (Å²) in [6.45, 7) is 13.3. The number of nitrogens with one attached hydrogen (secondary N) is 1. The first-order valence-corrected chi connectivity index (χ1v) is 13.3. The lowest BCUT2D eigenvalue weighted by atomic mass is 9.84. The number of nitrogens with zero attached hydrogens (tertiary/aromatic N) is 3. The summed E-state index contributed by atoms with van der Waals surface area (Å²) in [6.07, 6.45) is 1.38. The third-order valence-electron chi connectivity index (χ3n) is 6.12. The van der Waals surface area contributed by atoms with E-state index >= 15 is 0 Å². The van der Waals surface area contributed by atoms with Crippen LogP contribution in [0.4, 0.5) is 5.82 Å². The fraction of sp³-hybridized carbons (Fsp3) is 0.452. The zero-order valence-electron chi connectivity index (χ0n) is 23.8. The Morgan fingerprint density at radius 2 is 1.68 bits per heavy atom. The van der Waals surface area contributed by atoms with Crippen molar-refractivity contribution in [1.29, 1.82) is 0 Å². The molecule has 0 radical (unpaired) electrons. The highest BCUT2D eigenvalue weighted by Gasteiger charge is 2.24. The van der Waals surface area contributed by atoms with Gasteiger partial charge in [0.15, 0.2) is 0 Å². The van der Waals surface area contributed by atoms with Crippen molar-refractivity contribution in [1.82, 2.24) is 14.7 Å². The van der Waals surface area contributed by atoms with E-state index in [0.29, 0.717) is 18.8 Å². The van der Waals surface area contributed by atoms with Crippen LogP contribution in [0.25, 0.3) is 16.9 Å². The van der Waals surface area contributed by atoms with Crippen LogP contribution in [0.15, 0.2) is 60.7 Å². The molecule has 7 heteroatoms. The average Bonchev–Trinajstić information content (AvgIpc) is 3.26. The number of benzene rings is 2. The highest BCUT2D eigenvalue weighted by molar-refractivity contribution is 5.94. The van der Waals surface area contributed by atoms with Crippen molar-refractivity contribution in [3.63, 3.8) is 0 Å². The molecule has 1 heterocycles. The first kappa shape index (κ1) is 29.0. The van der Waals surface area contributed by atoms with Crippen LogP contribution < -0.4 is 10.1 Å². The molecule has 7 nitrogen and oxygen atoms in total. The minimum absolute atomic E-state index is 0.00624. The Bertz CT molecular complexity index is 1190. The lowest BCUT2D eigenvalue weighted by Gasteiger charge is -2.28. The van der Waals surface area contributed by atoms with Crippen LogP contribution in [0.1, 0.15) is 54.4 Å². The van der Waals surface area contributed by atoms with Crippen LogP contribution >= 0.6 is 0 Å². The lowest BCUT2D eigenvalue weighted by molar-refractivity contribution is -0.136. The first-order valence-electron chi connectivity index (χ1n) is 13.3. The van der Waals surface area contributed by atoms with Gasteiger partial charge in [-0.05, 0) is 47.9 Å². The highest BCUT2D eigenvalue weighted by atomic mass is 16.5. The van der Waals surface area contributed by atoms with Crippen LogP contribution in [-0.2, 0) is 9.59 Å². The Morgan fingerprint density at radius 3 is 2.26 bits per heavy atom. The Morgan fingerprint density at radius 1 is 1.03 bits per heavy atom. The van der Waals surface area contributed by atoms with Gasteiger partial charge in [-0.25, -0.2) is 4.68 Å². The molecule has 3 rings (SSSR count). The van der Waals surface area contributed by atoms with Crippen LogP contribution in [0, 0.1) is 17.3 Å². The summed E-state index contributed by atoms with van der Waals surface area (Å²) in [5.74, 6) is 1.52. The smallest absolute Gasteiger partial charge is 0.245 e. The van der Waals surface area contributed by atoms with Crippen LogP contribution in [0.5, 0.6) is 5.75 Å². The van der Waals surface area contributed by atoms with Gasteiger partial charge in [0.2, 0.25) is 11.8 Å². The number of hydrogen-bond donors (Lipinski definition) is 1. The summed E-state index contributed by atoms with van der Waals surface area (Å²) >= 11 is 0. The number of carbonyl (C=O) groups is 2. The molecule has 0 bridgehead atoms. The predicted octanol–water partition coefficient (Wildman–Crippen LogP) is 6.43. The quantitative estimate of drug-likeness (QED) is 0.317. The van der Waals surface area contributed by atoms with E-state index in [1.54, 1.807) is 16.7 Å². The van der Waals surface area contributed by atoms with Gasteiger partial charge < -0.3 is 15.0 Å². The van der Waals surface area contributed by atoms with Crippen molar-refractivity contribution in [2.45, 2.75) is 54.4 Å². The Labute approximate surface area is 227 Å². The molecular weight excluding hydrogens is 476 g/mol. The highest BCUT2D eigenvalue weighted by Crippen LogP contribution is 2.27. The SMILES string of the molecule is COc1ccc(-n2nc(-c3ccccc3)cc2NC(=O)CN(CC(C)C)C(=O)CC(C)CC(C)(C)C)cc1. The second-order valence-corrected chi connectivity index (χ2v) is 11.7. The maximum atomic E-state index is 13.3. The van der Waals surface area contributed by atoms with Gasteiger partial charge in [0.25, 0.3) is 0 Å². The molecular formula is C31H42N4O3. The second-order valence-electron chi connectivity index (χ2n) is 11.7. The van der Waals surface area contributed by atoms with E-state index in [-0.39, 0.29) is 35.6 Å². The number of aromatic nitrogens is 2. The molecule has 3 aromatic rings. The summed E-state index contributed by atoms with van der Waals surface area (Å²) < 4.78 is 7.00. The van der Waals surface area contributed by atoms with E-state index in [4.69, 9.17) is 9.84 Å². The fourth-order valence-electron chi connectivity index (χ4n) is 4.74. The van der Waals surface area contributed by atoms with E-state index in [0.717, 1.165) is 29.1 Å². The third kappa shape index (κ3) is 8.47. The van der Waals surface area contributed by atoms with Crippen LogP contribution in [0.2, 0.25) is 0 Å². The molecule has 0 fully saturated rings. The van der Waals surface area contributed by atoms with Gasteiger partial charge in [-0.3, -0.25) is 9.59 Å². The summed E-state index contributed by atoms with van der Waals surface area (Å²) in [4.78, 5) is 28.2. The number of carbonyl (C=O) groups excluding carboxylic acids is 2. The predicted molar refractivity (Wildman–Crippen MR) is 153 cm³/mol. The van der Waals surface area contributed by atoms with Crippen molar-refractivity contribution < 1.29 is 14.3 Å². The minimum Gasteiger partial charge on any atom is -0.497 e. The molecule has 0 saturated carbocycles. The summed E-state index contributed by atoms with van der Waals surface area (Å²) in [6, 6.07) is 19.2. The second kappa shape index (κ2) is 12.8. The van der Waals surface area contributed by atoms with Gasteiger partial charge in [-0.2, -0.15) is 5.10 Å². The van der Waals surface area contributed by atoms with Gasteiger partial charge in [0.05, 0.1) is 25.0 Å². The molecule has 2 amide bonds. The molecule has 1 aromatic heterocycles. The molecule has 204 valence electrons. The number of anilines is 1. The Balaban J connectivity index is 1.82. The van der Waals surface area contributed by atoms with Crippen molar-refractivity contribution in [2.75, 3.05) is 25.5 Å². The molecule has 1 atom stereocenters. The lowest BCUT2D eigenvalue weighted by Crippen LogP contribution is -2.41. The van der Waals surface area contributed by atoms with E-state index in [1.807, 2.05) is 60.7 Å². The topological polar surface area (TPSA) is 76.5 Å². The monoisotopic (exact) mass is 518 g/mol. The molecule has 0 saturated heterocycles. The molecule has 1 unspecified atom stereocenters. The maximum absolute atomic E-state index is 13.3. The van der Waals surface area contributed by atoms with E-state index in [9.17, 15) is 9.59 Å². The van der Waals surface area contributed by atoms with E-state index in [1.165, 1.54) is 0 Å². The molecule has 2 aromatic carbocycles. The maximum Gasteiger partial charge on any atom is 0.245 e. The van der Waals surface area contributed by atoms with E-state index in [2.05, 4.69) is 46.9 Å². The molecule has 38 heavy (non-hydrogen) atoms. The number of ether oxygens (including phenoxy) is 1. The average molecular weight is 519 g/mol. The van der Waals surface area contributed by atoms with E-state index < -0.39 is 0 Å². The molecule has 1 N–H and O–H groups in total. The van der Waals surface area contributed by atoms with Crippen molar-refractivity contribution in [2.24, 2.45) is 17.3 Å². The standard InChI is InChI=1S/C31H42N4O3/c1-22(2)20-34(30(37)17-23(3)19-31(4,5)6)21-29(36)32-28-18-27(24-11-9-8-10-12-24)33-35(28)25-13-15-26(38-7)16-14-25/h8-16,18,22-23H,17,19-21H2,1-7H3,(H,32,36). The van der Waals surface area contributed by atoms with Crippen LogP contribution in [-0.4, -0.2) is 46.7 Å². The zero-order valence-corrected chi connectivity index (χ0v) is 23.8. The Kier molecular flexibility index (Phi) is 9.72. The number of methoxy groups -OCH3 is 1. The summed E-state index contributed by atoms with van der Waals surface area (Å²) in [5, 5.41) is 7.79. The van der Waals surface area contributed by atoms with Gasteiger partial charge in [0, 0.05) is 24.6 Å². The zero-order chi connectivity index (χ0) is 27.9. The molecule has 0 aliphatic heterocycles. The largest absolute Gasteiger partial charge is 0.497 e. The van der Waals surface area contributed by atoms with Gasteiger partial charge in [-0.15, -0.1) is 0 Å². The van der Waals surface area contributed by atoms with Crippen molar-refractivity contribution in [3.8, 4) is 22.7 Å². The van der Waals surface area contributed by atoms with Crippen molar-refractivity contribution >= 4 is 17.6 Å². The van der Waals surface area contributed by atoms with Gasteiger partial charge in [-0.1, -0.05) is 71.9 Å². The molecule has 0 aliphatic carbocycles. The van der Waals surface area contributed by atoms with Crippen LogP contribution in [0.3, 0.4) is 0 Å².